The van der Waals surface area contributed by atoms with Crippen molar-refractivity contribution in [2.24, 2.45) is 0 Å². The van der Waals surface area contributed by atoms with Crippen molar-refractivity contribution >= 4 is 30.7 Å². The van der Waals surface area contributed by atoms with E-state index < -0.39 is 0 Å². The van der Waals surface area contributed by atoms with Crippen molar-refractivity contribution in [1.29, 1.82) is 0 Å². The van der Waals surface area contributed by atoms with Crippen molar-refractivity contribution in [2.75, 3.05) is 6.54 Å². The van der Waals surface area contributed by atoms with Crippen molar-refractivity contribution in [3.63, 3.8) is 0 Å². The Hall–Kier alpha value is -0.840. The van der Waals surface area contributed by atoms with Crippen molar-refractivity contribution in [2.45, 2.75) is 38.8 Å². The van der Waals surface area contributed by atoms with Crippen LogP contribution < -0.4 is 10.6 Å². The summed E-state index contributed by atoms with van der Waals surface area (Å²) in [7, 11) is 0. The molecule has 0 aromatic carbocycles. The van der Waals surface area contributed by atoms with E-state index in [4.69, 9.17) is 0 Å². The highest BCUT2D eigenvalue weighted by molar-refractivity contribution is 5.85. The molecule has 108 valence electrons. The van der Waals surface area contributed by atoms with E-state index >= 15 is 0 Å². The fourth-order valence-corrected chi connectivity index (χ4v) is 1.99. The molecule has 0 spiro atoms. The number of nitrogens with one attached hydrogen (secondary N) is 2. The standard InChI is InChI=1S/C13H19N3O.2ClH/c1-10-5-6-11(8-15-10)9-16-13(17)12-4-2-3-7-14-12;;/h5-6,8,12,14H,2-4,7,9H2,1H3,(H,16,17);2*1H. The summed E-state index contributed by atoms with van der Waals surface area (Å²) in [6, 6.07) is 3.94. The Bertz CT molecular complexity index is 378. The molecule has 19 heavy (non-hydrogen) atoms. The lowest BCUT2D eigenvalue weighted by Crippen LogP contribution is -2.46. The number of carbonyl (C=O) groups excluding carboxylic acids is 1. The van der Waals surface area contributed by atoms with E-state index in [2.05, 4.69) is 15.6 Å². The van der Waals surface area contributed by atoms with Gasteiger partial charge in [-0.15, -0.1) is 24.8 Å². The molecule has 1 aromatic heterocycles. The highest BCUT2D eigenvalue weighted by atomic mass is 35.5. The Kier molecular flexibility index (Phi) is 8.72. The minimum atomic E-state index is -0.0119. The first-order chi connectivity index (χ1) is 8.25. The topological polar surface area (TPSA) is 54.0 Å². The normalized spacial score (nSPS) is 17.8. The van der Waals surface area contributed by atoms with E-state index in [1.165, 1.54) is 6.42 Å². The Labute approximate surface area is 126 Å². The molecule has 2 heterocycles. The van der Waals surface area contributed by atoms with E-state index in [-0.39, 0.29) is 36.8 Å². The summed E-state index contributed by atoms with van der Waals surface area (Å²) in [6.07, 6.45) is 5.06. The average Bonchev–Trinajstić information content (AvgIpc) is 2.39. The fraction of sp³-hybridized carbons (Fsp3) is 0.538. The fourth-order valence-electron chi connectivity index (χ4n) is 1.99. The summed E-state index contributed by atoms with van der Waals surface area (Å²) in [5.74, 6) is 0.102. The number of aromatic nitrogens is 1. The van der Waals surface area contributed by atoms with Gasteiger partial charge >= 0.3 is 0 Å². The Morgan fingerprint density at radius 3 is 2.79 bits per heavy atom. The van der Waals surface area contributed by atoms with Crippen LogP contribution in [0.25, 0.3) is 0 Å². The molecule has 0 aliphatic carbocycles. The predicted octanol–water partition coefficient (Wildman–Crippen LogP) is 1.99. The number of carbonyl (C=O) groups is 1. The summed E-state index contributed by atoms with van der Waals surface area (Å²) in [5.41, 5.74) is 2.04. The van der Waals surface area contributed by atoms with Gasteiger partial charge in [0.15, 0.2) is 0 Å². The van der Waals surface area contributed by atoms with Gasteiger partial charge in [0.2, 0.25) is 5.91 Å². The third-order valence-corrected chi connectivity index (χ3v) is 3.07. The quantitative estimate of drug-likeness (QED) is 0.898. The number of piperidine rings is 1. The minimum absolute atomic E-state index is 0. The van der Waals surface area contributed by atoms with Crippen LogP contribution in [-0.4, -0.2) is 23.5 Å². The molecule has 6 heteroatoms. The number of aryl methyl sites for hydroxylation is 1. The van der Waals surface area contributed by atoms with Gasteiger partial charge in [-0.05, 0) is 37.9 Å². The Morgan fingerprint density at radius 1 is 1.42 bits per heavy atom. The SMILES string of the molecule is Cc1ccc(CNC(=O)C2CCCCN2)cn1.Cl.Cl. The van der Waals surface area contributed by atoms with Crippen molar-refractivity contribution in [3.05, 3.63) is 29.6 Å². The number of hydrogen-bond acceptors (Lipinski definition) is 3. The molecule has 1 aromatic rings. The van der Waals surface area contributed by atoms with E-state index in [0.29, 0.717) is 6.54 Å². The summed E-state index contributed by atoms with van der Waals surface area (Å²) >= 11 is 0. The van der Waals surface area contributed by atoms with E-state index in [9.17, 15) is 4.79 Å². The molecule has 0 radical (unpaired) electrons. The van der Waals surface area contributed by atoms with Crippen LogP contribution in [0.2, 0.25) is 0 Å². The van der Waals surface area contributed by atoms with Crippen molar-refractivity contribution in [1.82, 2.24) is 15.6 Å². The van der Waals surface area contributed by atoms with Gasteiger partial charge in [0, 0.05) is 18.4 Å². The maximum absolute atomic E-state index is 11.8. The summed E-state index contributed by atoms with van der Waals surface area (Å²) < 4.78 is 0. The molecule has 1 atom stereocenters. The molecule has 1 unspecified atom stereocenters. The summed E-state index contributed by atoms with van der Waals surface area (Å²) in [5, 5.41) is 6.18. The van der Waals surface area contributed by atoms with Gasteiger partial charge < -0.3 is 10.6 Å². The molecular formula is C13H21Cl2N3O. The molecule has 2 N–H and O–H groups in total. The van der Waals surface area contributed by atoms with Crippen LogP contribution >= 0.6 is 24.8 Å². The molecule has 4 nitrogen and oxygen atoms in total. The smallest absolute Gasteiger partial charge is 0.237 e. The maximum atomic E-state index is 11.8. The highest BCUT2D eigenvalue weighted by Gasteiger charge is 2.19. The Balaban J connectivity index is 0.00000162. The molecule has 1 aliphatic heterocycles. The molecule has 1 aliphatic rings. The zero-order valence-corrected chi connectivity index (χ0v) is 12.6. The molecule has 0 bridgehead atoms. The first kappa shape index (κ1) is 18.2. The third kappa shape index (κ3) is 5.76. The second-order valence-electron chi connectivity index (χ2n) is 4.53. The van der Waals surface area contributed by atoms with Gasteiger partial charge in [0.1, 0.15) is 0 Å². The van der Waals surface area contributed by atoms with Crippen LogP contribution in [-0.2, 0) is 11.3 Å². The van der Waals surface area contributed by atoms with Crippen LogP contribution in [0.3, 0.4) is 0 Å². The number of hydrogen-bond donors (Lipinski definition) is 2. The van der Waals surface area contributed by atoms with Gasteiger partial charge in [-0.2, -0.15) is 0 Å². The van der Waals surface area contributed by atoms with Crippen LogP contribution in [0.5, 0.6) is 0 Å². The molecule has 1 saturated heterocycles. The number of pyridine rings is 1. The number of nitrogens with zero attached hydrogens (tertiary/aromatic N) is 1. The first-order valence-corrected chi connectivity index (χ1v) is 6.18. The van der Waals surface area contributed by atoms with Gasteiger partial charge in [-0.1, -0.05) is 12.5 Å². The molecule has 2 rings (SSSR count). The molecule has 1 amide bonds. The monoisotopic (exact) mass is 305 g/mol. The lowest BCUT2D eigenvalue weighted by atomic mass is 10.0. The average molecular weight is 306 g/mol. The highest BCUT2D eigenvalue weighted by Crippen LogP contribution is 2.07. The molecular weight excluding hydrogens is 285 g/mol. The van der Waals surface area contributed by atoms with Crippen molar-refractivity contribution in [3.8, 4) is 0 Å². The van der Waals surface area contributed by atoms with Crippen LogP contribution in [0.15, 0.2) is 18.3 Å². The minimum Gasteiger partial charge on any atom is -0.351 e. The van der Waals surface area contributed by atoms with E-state index in [1.54, 1.807) is 0 Å². The van der Waals surface area contributed by atoms with Gasteiger partial charge in [-0.25, -0.2) is 0 Å². The number of amides is 1. The summed E-state index contributed by atoms with van der Waals surface area (Å²) in [4.78, 5) is 16.0. The van der Waals surface area contributed by atoms with E-state index in [1.807, 2.05) is 25.3 Å². The van der Waals surface area contributed by atoms with E-state index in [0.717, 1.165) is 30.6 Å². The van der Waals surface area contributed by atoms with Crippen molar-refractivity contribution < 1.29 is 4.79 Å². The second kappa shape index (κ2) is 9.13. The molecule has 0 saturated carbocycles. The lowest BCUT2D eigenvalue weighted by Gasteiger charge is -2.22. The van der Waals surface area contributed by atoms with Gasteiger partial charge in [0.25, 0.3) is 0 Å². The zero-order chi connectivity index (χ0) is 12.1. The Morgan fingerprint density at radius 2 is 2.21 bits per heavy atom. The zero-order valence-electron chi connectivity index (χ0n) is 11.0. The number of halogens is 2. The van der Waals surface area contributed by atoms with Crippen LogP contribution in [0.4, 0.5) is 0 Å². The first-order valence-electron chi connectivity index (χ1n) is 6.18. The third-order valence-electron chi connectivity index (χ3n) is 3.07. The predicted molar refractivity (Wildman–Crippen MR) is 81.0 cm³/mol. The lowest BCUT2D eigenvalue weighted by molar-refractivity contribution is -0.123. The largest absolute Gasteiger partial charge is 0.351 e. The maximum Gasteiger partial charge on any atom is 0.237 e. The second-order valence-corrected chi connectivity index (χ2v) is 4.53. The number of rotatable bonds is 3. The van der Waals surface area contributed by atoms with Crippen LogP contribution in [0, 0.1) is 6.92 Å². The van der Waals surface area contributed by atoms with Gasteiger partial charge in [0.05, 0.1) is 6.04 Å². The van der Waals surface area contributed by atoms with Crippen LogP contribution in [0.1, 0.15) is 30.5 Å². The molecule has 1 fully saturated rings. The summed E-state index contributed by atoms with van der Waals surface area (Å²) in [6.45, 7) is 3.46. The van der Waals surface area contributed by atoms with Gasteiger partial charge in [-0.3, -0.25) is 9.78 Å².